The van der Waals surface area contributed by atoms with Gasteiger partial charge in [0, 0.05) is 19.0 Å². The first-order valence-electron chi connectivity index (χ1n) is 5.88. The molecule has 17 heavy (non-hydrogen) atoms. The van der Waals surface area contributed by atoms with Crippen molar-refractivity contribution in [3.63, 3.8) is 0 Å². The van der Waals surface area contributed by atoms with Crippen molar-refractivity contribution in [1.82, 2.24) is 9.80 Å². The van der Waals surface area contributed by atoms with Crippen LogP contribution in [0.1, 0.15) is 19.8 Å². The van der Waals surface area contributed by atoms with E-state index in [1.54, 1.807) is 9.80 Å². The zero-order chi connectivity index (χ0) is 12.6. The molecular formula is C11H17N3O2S. The number of rotatable bonds is 3. The summed E-state index contributed by atoms with van der Waals surface area (Å²) in [5.74, 6) is 0.0437. The van der Waals surface area contributed by atoms with Crippen molar-refractivity contribution in [3.8, 4) is 0 Å². The number of carbonyl (C=O) groups is 2. The van der Waals surface area contributed by atoms with Crippen molar-refractivity contribution in [2.75, 3.05) is 19.6 Å². The normalized spacial score (nSPS) is 26.1. The molecule has 5 nitrogen and oxygen atoms in total. The minimum atomic E-state index is -0.241. The lowest BCUT2D eigenvalue weighted by Crippen LogP contribution is -2.58. The van der Waals surface area contributed by atoms with Gasteiger partial charge in [-0.1, -0.05) is 19.1 Å². The highest BCUT2D eigenvalue weighted by atomic mass is 32.1. The Morgan fingerprint density at radius 1 is 1.59 bits per heavy atom. The van der Waals surface area contributed by atoms with Gasteiger partial charge in [0.2, 0.25) is 11.8 Å². The number of nitrogens with two attached hydrogens (primary N) is 1. The van der Waals surface area contributed by atoms with Crippen molar-refractivity contribution < 1.29 is 9.59 Å². The summed E-state index contributed by atoms with van der Waals surface area (Å²) in [5, 5.41) is 0. The quantitative estimate of drug-likeness (QED) is 0.706. The lowest BCUT2D eigenvalue weighted by atomic mass is 10.1. The van der Waals surface area contributed by atoms with E-state index >= 15 is 0 Å². The average molecular weight is 255 g/mol. The third-order valence-corrected chi connectivity index (χ3v) is 3.88. The Morgan fingerprint density at radius 3 is 2.94 bits per heavy atom. The Bertz CT molecular complexity index is 372. The molecule has 2 aliphatic heterocycles. The lowest BCUT2D eigenvalue weighted by Gasteiger charge is -2.37. The summed E-state index contributed by atoms with van der Waals surface area (Å²) in [6, 6.07) is -0.241. The van der Waals surface area contributed by atoms with E-state index in [9.17, 15) is 9.59 Å². The van der Waals surface area contributed by atoms with E-state index in [0.29, 0.717) is 18.1 Å². The van der Waals surface area contributed by atoms with Crippen LogP contribution in [-0.2, 0) is 9.59 Å². The Morgan fingerprint density at radius 2 is 2.29 bits per heavy atom. The molecular weight excluding hydrogens is 238 g/mol. The topological polar surface area (TPSA) is 66.6 Å². The summed E-state index contributed by atoms with van der Waals surface area (Å²) in [5.41, 5.74) is 5.54. The maximum absolute atomic E-state index is 12.2. The van der Waals surface area contributed by atoms with E-state index in [1.807, 2.05) is 6.92 Å². The predicted molar refractivity (Wildman–Crippen MR) is 67.3 cm³/mol. The number of nitrogens with zero attached hydrogens (tertiary/aromatic N) is 2. The fourth-order valence-electron chi connectivity index (χ4n) is 2.44. The van der Waals surface area contributed by atoms with E-state index in [4.69, 9.17) is 18.0 Å². The number of hydrogen-bond acceptors (Lipinski definition) is 3. The van der Waals surface area contributed by atoms with E-state index in [-0.39, 0.29) is 30.3 Å². The molecule has 0 saturated carbocycles. The standard InChI is InChI=1S/C11H17N3O2S/c1-7(10(12)17)5-13-6-9(15)14-4-2-3-8(14)11(13)16/h7-8H,2-6H2,1H3,(H2,12,17). The van der Waals surface area contributed by atoms with E-state index in [0.717, 1.165) is 12.8 Å². The number of piperazine rings is 1. The molecule has 0 radical (unpaired) electrons. The Labute approximate surface area is 106 Å². The monoisotopic (exact) mass is 255 g/mol. The molecule has 0 bridgehead atoms. The molecule has 2 rings (SSSR count). The minimum absolute atomic E-state index is 0.0437. The second-order valence-corrected chi connectivity index (χ2v) is 5.24. The summed E-state index contributed by atoms with van der Waals surface area (Å²) >= 11 is 4.89. The van der Waals surface area contributed by atoms with Crippen LogP contribution in [-0.4, -0.2) is 52.3 Å². The predicted octanol–water partition coefficient (Wildman–Crippen LogP) is -0.258. The van der Waals surface area contributed by atoms with Gasteiger partial charge in [-0.3, -0.25) is 9.59 Å². The van der Waals surface area contributed by atoms with Crippen LogP contribution in [0.3, 0.4) is 0 Å². The maximum atomic E-state index is 12.2. The Balaban J connectivity index is 2.07. The molecule has 0 aliphatic carbocycles. The number of amides is 2. The summed E-state index contributed by atoms with van der Waals surface area (Å²) < 4.78 is 0. The van der Waals surface area contributed by atoms with Crippen molar-refractivity contribution in [2.45, 2.75) is 25.8 Å². The van der Waals surface area contributed by atoms with Crippen LogP contribution in [0.4, 0.5) is 0 Å². The zero-order valence-electron chi connectivity index (χ0n) is 9.89. The Hall–Kier alpha value is -1.17. The zero-order valence-corrected chi connectivity index (χ0v) is 10.7. The van der Waals surface area contributed by atoms with E-state index in [1.165, 1.54) is 0 Å². The van der Waals surface area contributed by atoms with Crippen LogP contribution in [0.15, 0.2) is 0 Å². The Kier molecular flexibility index (Phi) is 3.33. The van der Waals surface area contributed by atoms with Gasteiger partial charge >= 0.3 is 0 Å². The first-order chi connectivity index (χ1) is 8.00. The maximum Gasteiger partial charge on any atom is 0.245 e. The van der Waals surface area contributed by atoms with Crippen molar-refractivity contribution >= 4 is 29.0 Å². The lowest BCUT2D eigenvalue weighted by molar-refractivity contribution is -0.153. The van der Waals surface area contributed by atoms with Gasteiger partial charge < -0.3 is 15.5 Å². The molecule has 0 spiro atoms. The minimum Gasteiger partial charge on any atom is -0.393 e. The van der Waals surface area contributed by atoms with Crippen LogP contribution in [0.25, 0.3) is 0 Å². The molecule has 0 aromatic heterocycles. The highest BCUT2D eigenvalue weighted by Gasteiger charge is 2.42. The molecule has 2 amide bonds. The van der Waals surface area contributed by atoms with Crippen molar-refractivity contribution in [2.24, 2.45) is 11.7 Å². The van der Waals surface area contributed by atoms with Gasteiger partial charge in [0.1, 0.15) is 6.04 Å². The molecule has 94 valence electrons. The van der Waals surface area contributed by atoms with Gasteiger partial charge in [-0.05, 0) is 12.8 Å². The molecule has 2 heterocycles. The number of hydrogen-bond donors (Lipinski definition) is 1. The van der Waals surface area contributed by atoms with Gasteiger partial charge in [-0.25, -0.2) is 0 Å². The van der Waals surface area contributed by atoms with Crippen LogP contribution >= 0.6 is 12.2 Å². The smallest absolute Gasteiger partial charge is 0.245 e. The van der Waals surface area contributed by atoms with Gasteiger partial charge in [0.25, 0.3) is 0 Å². The summed E-state index contributed by atoms with van der Waals surface area (Å²) in [4.78, 5) is 27.7. The molecule has 2 N–H and O–H groups in total. The van der Waals surface area contributed by atoms with Crippen LogP contribution in [0.2, 0.25) is 0 Å². The first-order valence-corrected chi connectivity index (χ1v) is 6.29. The van der Waals surface area contributed by atoms with Crippen molar-refractivity contribution in [3.05, 3.63) is 0 Å². The molecule has 0 aromatic carbocycles. The van der Waals surface area contributed by atoms with Gasteiger partial charge in [-0.15, -0.1) is 0 Å². The third-order valence-electron chi connectivity index (χ3n) is 3.48. The number of thiocarbonyl (C=S) groups is 1. The SMILES string of the molecule is CC(CN1CC(=O)N2CCCC2C1=O)C(N)=S. The summed E-state index contributed by atoms with van der Waals surface area (Å²) in [7, 11) is 0. The van der Waals surface area contributed by atoms with Crippen LogP contribution < -0.4 is 5.73 Å². The van der Waals surface area contributed by atoms with E-state index < -0.39 is 0 Å². The molecule has 2 unspecified atom stereocenters. The average Bonchev–Trinajstić information content (AvgIpc) is 2.74. The fourth-order valence-corrected chi connectivity index (χ4v) is 2.51. The molecule has 2 fully saturated rings. The molecule has 2 atom stereocenters. The van der Waals surface area contributed by atoms with Gasteiger partial charge in [-0.2, -0.15) is 0 Å². The van der Waals surface area contributed by atoms with Crippen LogP contribution in [0.5, 0.6) is 0 Å². The second-order valence-electron chi connectivity index (χ2n) is 4.77. The number of carbonyl (C=O) groups excluding carboxylic acids is 2. The number of fused-ring (bicyclic) bond motifs is 1. The molecule has 2 aliphatic rings. The van der Waals surface area contributed by atoms with E-state index in [2.05, 4.69) is 0 Å². The third kappa shape index (κ3) is 2.26. The summed E-state index contributed by atoms with van der Waals surface area (Å²) in [6.45, 7) is 3.21. The fraction of sp³-hybridized carbons (Fsp3) is 0.727. The second kappa shape index (κ2) is 4.60. The highest BCUT2D eigenvalue weighted by Crippen LogP contribution is 2.24. The van der Waals surface area contributed by atoms with Crippen LogP contribution in [0, 0.1) is 5.92 Å². The van der Waals surface area contributed by atoms with Gasteiger partial charge in [0.15, 0.2) is 0 Å². The molecule has 0 aromatic rings. The molecule has 6 heteroatoms. The highest BCUT2D eigenvalue weighted by molar-refractivity contribution is 7.80. The van der Waals surface area contributed by atoms with Crippen molar-refractivity contribution in [1.29, 1.82) is 0 Å². The van der Waals surface area contributed by atoms with Gasteiger partial charge in [0.05, 0.1) is 11.5 Å². The summed E-state index contributed by atoms with van der Waals surface area (Å²) in [6.07, 6.45) is 1.70. The largest absolute Gasteiger partial charge is 0.393 e. The first kappa shape index (κ1) is 12.3. The molecule has 2 saturated heterocycles.